The van der Waals surface area contributed by atoms with E-state index < -0.39 is 0 Å². The monoisotopic (exact) mass is 392 g/mol. The van der Waals surface area contributed by atoms with Gasteiger partial charge in [-0.25, -0.2) is 0 Å². The maximum Gasteiger partial charge on any atom is 0.232 e. The molecule has 2 saturated heterocycles. The first kappa shape index (κ1) is 20.1. The number of rotatable bonds is 7. The molecule has 3 rings (SSSR count). The highest BCUT2D eigenvalue weighted by molar-refractivity contribution is 7.80. The van der Waals surface area contributed by atoms with E-state index >= 15 is 0 Å². The molecule has 27 heavy (non-hydrogen) atoms. The molecule has 0 radical (unpaired) electrons. The molecule has 7 nitrogen and oxygen atoms in total. The van der Waals surface area contributed by atoms with E-state index in [1.165, 1.54) is 25.7 Å². The van der Waals surface area contributed by atoms with Crippen LogP contribution in [0.3, 0.4) is 0 Å². The summed E-state index contributed by atoms with van der Waals surface area (Å²) in [6.07, 6.45) is 5.78. The molecule has 2 aliphatic rings. The van der Waals surface area contributed by atoms with Crippen LogP contribution in [0.2, 0.25) is 0 Å². The predicted molar refractivity (Wildman–Crippen MR) is 115 cm³/mol. The summed E-state index contributed by atoms with van der Waals surface area (Å²) in [6, 6.07) is 2.14. The smallest absolute Gasteiger partial charge is 0.232 e. The third kappa shape index (κ3) is 5.90. The van der Waals surface area contributed by atoms with Crippen LogP contribution in [0.5, 0.6) is 0 Å². The number of ether oxygens (including phenoxy) is 1. The lowest BCUT2D eigenvalue weighted by atomic mass is 9.99. The minimum atomic E-state index is 0.558. The Balaban J connectivity index is 1.70. The maximum atomic E-state index is 5.41. The fourth-order valence-corrected chi connectivity index (χ4v) is 3.74. The highest BCUT2D eigenvalue weighted by Gasteiger charge is 2.21. The number of anilines is 3. The standard InChI is InChI=1S/C19H32N6OS/c1-15-6-11-25(12-7-15)17-14-16(24-9-3-4-10-24)21-18(22-17)23-19(27)20-8-5-13-26-2/h14-15H,3-13H2,1-2H3,(H2,20,21,22,23,27). The summed E-state index contributed by atoms with van der Waals surface area (Å²) in [7, 11) is 1.71. The fraction of sp³-hybridized carbons (Fsp3) is 0.737. The first-order valence-electron chi connectivity index (χ1n) is 10.1. The van der Waals surface area contributed by atoms with E-state index in [0.29, 0.717) is 17.7 Å². The van der Waals surface area contributed by atoms with Gasteiger partial charge in [-0.05, 0) is 50.2 Å². The van der Waals surface area contributed by atoms with Crippen LogP contribution in [0.25, 0.3) is 0 Å². The molecule has 0 amide bonds. The average molecular weight is 393 g/mol. The van der Waals surface area contributed by atoms with Gasteiger partial charge in [0.1, 0.15) is 11.6 Å². The molecule has 150 valence electrons. The van der Waals surface area contributed by atoms with Crippen LogP contribution in [0.1, 0.15) is 39.0 Å². The molecule has 1 aromatic heterocycles. The quantitative estimate of drug-likeness (QED) is 0.542. The molecular weight excluding hydrogens is 360 g/mol. The number of nitrogens with one attached hydrogen (secondary N) is 2. The Bertz CT molecular complexity index is 614. The molecule has 8 heteroatoms. The summed E-state index contributed by atoms with van der Waals surface area (Å²) < 4.78 is 5.07. The number of hydrogen-bond donors (Lipinski definition) is 2. The molecule has 0 spiro atoms. The van der Waals surface area contributed by atoms with Crippen molar-refractivity contribution in [2.75, 3.05) is 61.6 Å². The Labute approximate surface area is 167 Å². The van der Waals surface area contributed by atoms with Gasteiger partial charge in [0, 0.05) is 52.5 Å². The van der Waals surface area contributed by atoms with E-state index in [-0.39, 0.29) is 0 Å². The summed E-state index contributed by atoms with van der Waals surface area (Å²) in [5.74, 6) is 3.38. The molecule has 0 saturated carbocycles. The van der Waals surface area contributed by atoms with Crippen molar-refractivity contribution in [2.45, 2.75) is 39.0 Å². The Morgan fingerprint density at radius 2 is 1.78 bits per heavy atom. The molecule has 3 heterocycles. The summed E-state index contributed by atoms with van der Waals surface area (Å²) in [4.78, 5) is 14.2. The van der Waals surface area contributed by atoms with Crippen molar-refractivity contribution in [2.24, 2.45) is 5.92 Å². The Kier molecular flexibility index (Phi) is 7.46. The number of methoxy groups -OCH3 is 1. The molecule has 2 N–H and O–H groups in total. The third-order valence-corrected chi connectivity index (χ3v) is 5.52. The van der Waals surface area contributed by atoms with E-state index in [0.717, 1.165) is 56.7 Å². The van der Waals surface area contributed by atoms with E-state index in [1.807, 2.05) is 0 Å². The number of hydrogen-bond acceptors (Lipinski definition) is 6. The molecule has 1 aromatic rings. The summed E-state index contributed by atoms with van der Waals surface area (Å²) in [5.41, 5.74) is 0. The van der Waals surface area contributed by atoms with Crippen LogP contribution in [-0.2, 0) is 4.74 Å². The third-order valence-electron chi connectivity index (χ3n) is 5.27. The van der Waals surface area contributed by atoms with Crippen molar-refractivity contribution in [1.82, 2.24) is 15.3 Å². The summed E-state index contributed by atoms with van der Waals surface area (Å²) in [6.45, 7) is 8.04. The second-order valence-corrected chi connectivity index (χ2v) is 7.91. The molecule has 0 aliphatic carbocycles. The first-order chi connectivity index (χ1) is 13.2. The van der Waals surface area contributed by atoms with Gasteiger partial charge in [0.15, 0.2) is 5.11 Å². The zero-order valence-corrected chi connectivity index (χ0v) is 17.4. The topological polar surface area (TPSA) is 65.6 Å². The number of nitrogens with zero attached hydrogens (tertiary/aromatic N) is 4. The summed E-state index contributed by atoms with van der Waals surface area (Å²) in [5, 5.41) is 6.93. The maximum absolute atomic E-state index is 5.41. The lowest BCUT2D eigenvalue weighted by Gasteiger charge is -2.32. The van der Waals surface area contributed by atoms with Gasteiger partial charge in [0.25, 0.3) is 0 Å². The molecule has 0 aromatic carbocycles. The molecule has 0 atom stereocenters. The van der Waals surface area contributed by atoms with Gasteiger partial charge in [-0.1, -0.05) is 6.92 Å². The Hall–Kier alpha value is -1.67. The molecule has 0 unspecified atom stereocenters. The van der Waals surface area contributed by atoms with Crippen LogP contribution >= 0.6 is 12.2 Å². The van der Waals surface area contributed by atoms with Gasteiger partial charge in [0.2, 0.25) is 5.95 Å². The van der Waals surface area contributed by atoms with Gasteiger partial charge in [0.05, 0.1) is 0 Å². The van der Waals surface area contributed by atoms with Crippen molar-refractivity contribution in [1.29, 1.82) is 0 Å². The zero-order valence-electron chi connectivity index (χ0n) is 16.5. The van der Waals surface area contributed by atoms with Gasteiger partial charge in [-0.3, -0.25) is 0 Å². The molecule has 2 aliphatic heterocycles. The lowest BCUT2D eigenvalue weighted by Crippen LogP contribution is -2.35. The van der Waals surface area contributed by atoms with Crippen molar-refractivity contribution >= 4 is 34.9 Å². The number of thiocarbonyl (C=S) groups is 1. The highest BCUT2D eigenvalue weighted by Crippen LogP contribution is 2.27. The Morgan fingerprint density at radius 1 is 1.15 bits per heavy atom. The van der Waals surface area contributed by atoms with Crippen LogP contribution in [0.15, 0.2) is 6.07 Å². The van der Waals surface area contributed by atoms with Gasteiger partial charge in [-0.2, -0.15) is 9.97 Å². The van der Waals surface area contributed by atoms with Crippen LogP contribution in [0.4, 0.5) is 17.6 Å². The average Bonchev–Trinajstić information content (AvgIpc) is 3.20. The second kappa shape index (κ2) is 10.0. The molecular formula is C19H32N6OS. The van der Waals surface area contributed by atoms with E-state index in [9.17, 15) is 0 Å². The second-order valence-electron chi connectivity index (χ2n) is 7.50. The van der Waals surface area contributed by atoms with Gasteiger partial charge >= 0.3 is 0 Å². The minimum Gasteiger partial charge on any atom is -0.385 e. The van der Waals surface area contributed by atoms with Crippen molar-refractivity contribution < 1.29 is 4.74 Å². The minimum absolute atomic E-state index is 0.558. The van der Waals surface area contributed by atoms with E-state index in [2.05, 4.69) is 33.4 Å². The van der Waals surface area contributed by atoms with Crippen molar-refractivity contribution in [3.63, 3.8) is 0 Å². The Morgan fingerprint density at radius 3 is 2.41 bits per heavy atom. The van der Waals surface area contributed by atoms with Crippen LogP contribution in [-0.4, -0.2) is 61.5 Å². The largest absolute Gasteiger partial charge is 0.385 e. The summed E-state index contributed by atoms with van der Waals surface area (Å²) >= 11 is 5.41. The van der Waals surface area contributed by atoms with E-state index in [1.54, 1.807) is 7.11 Å². The number of piperidine rings is 1. The van der Waals surface area contributed by atoms with Crippen LogP contribution in [0, 0.1) is 5.92 Å². The normalized spacial score (nSPS) is 18.0. The predicted octanol–water partition coefficient (Wildman–Crippen LogP) is 2.64. The van der Waals surface area contributed by atoms with Gasteiger partial charge < -0.3 is 25.2 Å². The SMILES string of the molecule is COCCCNC(=S)Nc1nc(N2CCCC2)cc(N2CCC(C)CC2)n1. The van der Waals surface area contributed by atoms with Crippen LogP contribution < -0.4 is 20.4 Å². The molecule has 0 bridgehead atoms. The lowest BCUT2D eigenvalue weighted by molar-refractivity contribution is 0.196. The van der Waals surface area contributed by atoms with Crippen molar-refractivity contribution in [3.8, 4) is 0 Å². The first-order valence-corrected chi connectivity index (χ1v) is 10.5. The molecule has 2 fully saturated rings. The zero-order chi connectivity index (χ0) is 19.1. The fourth-order valence-electron chi connectivity index (χ4n) is 3.55. The van der Waals surface area contributed by atoms with Crippen molar-refractivity contribution in [3.05, 3.63) is 6.07 Å². The van der Waals surface area contributed by atoms with E-state index in [4.69, 9.17) is 26.9 Å². The van der Waals surface area contributed by atoms with Gasteiger partial charge in [-0.15, -0.1) is 0 Å². The number of aromatic nitrogens is 2. The highest BCUT2D eigenvalue weighted by atomic mass is 32.1.